The molecular weight excluding hydrogens is 192 g/mol. The Hall–Kier alpha value is -0.420. The smallest absolute Gasteiger partial charge is 0.311 e. The summed E-state index contributed by atoms with van der Waals surface area (Å²) in [5, 5.41) is 0. The maximum Gasteiger partial charge on any atom is 0.311 e. The molecule has 13 heavy (non-hydrogen) atoms. The molecule has 0 aromatic carbocycles. The molecule has 76 valence electrons. The molecule has 0 aromatic rings. The SMILES string of the molecule is CC(C)(C)C(=O)OC1CO[S@](=O)C1. The molecule has 4 nitrogen and oxygen atoms in total. The molecule has 1 saturated heterocycles. The molecule has 1 unspecified atom stereocenters. The number of esters is 1. The van der Waals surface area contributed by atoms with Crippen molar-refractivity contribution in [1.29, 1.82) is 0 Å². The molecule has 5 heteroatoms. The van der Waals surface area contributed by atoms with Crippen LogP contribution in [-0.2, 0) is 24.8 Å². The van der Waals surface area contributed by atoms with E-state index in [2.05, 4.69) is 0 Å². The van der Waals surface area contributed by atoms with Gasteiger partial charge in [-0.1, -0.05) is 0 Å². The summed E-state index contributed by atoms with van der Waals surface area (Å²) in [6, 6.07) is 0. The number of ether oxygens (including phenoxy) is 1. The fourth-order valence-electron chi connectivity index (χ4n) is 0.796. The van der Waals surface area contributed by atoms with Crippen LogP contribution in [0.2, 0.25) is 0 Å². The van der Waals surface area contributed by atoms with Crippen LogP contribution in [0.4, 0.5) is 0 Å². The van der Waals surface area contributed by atoms with E-state index in [0.29, 0.717) is 5.75 Å². The maximum atomic E-state index is 11.4. The highest BCUT2D eigenvalue weighted by molar-refractivity contribution is 7.80. The normalized spacial score (nSPS) is 28.8. The van der Waals surface area contributed by atoms with Gasteiger partial charge in [-0.15, -0.1) is 0 Å². The highest BCUT2D eigenvalue weighted by atomic mass is 32.2. The Bertz CT molecular complexity index is 231. The molecule has 0 spiro atoms. The van der Waals surface area contributed by atoms with E-state index in [1.54, 1.807) is 20.8 Å². The van der Waals surface area contributed by atoms with Gasteiger partial charge >= 0.3 is 5.97 Å². The van der Waals surface area contributed by atoms with Crippen LogP contribution in [-0.4, -0.2) is 28.6 Å². The van der Waals surface area contributed by atoms with Gasteiger partial charge in [0.15, 0.2) is 11.1 Å². The second-order valence-electron chi connectivity index (χ2n) is 4.03. The van der Waals surface area contributed by atoms with Crippen molar-refractivity contribution in [3.05, 3.63) is 0 Å². The van der Waals surface area contributed by atoms with Crippen molar-refractivity contribution in [2.75, 3.05) is 12.4 Å². The molecule has 0 N–H and O–H groups in total. The molecule has 1 heterocycles. The number of rotatable bonds is 1. The van der Waals surface area contributed by atoms with Gasteiger partial charge in [0.05, 0.1) is 11.2 Å². The topological polar surface area (TPSA) is 52.6 Å². The first-order chi connectivity index (χ1) is 5.89. The Morgan fingerprint density at radius 3 is 2.54 bits per heavy atom. The fraction of sp³-hybridized carbons (Fsp3) is 0.875. The van der Waals surface area contributed by atoms with Gasteiger partial charge in [-0.2, -0.15) is 0 Å². The third kappa shape index (κ3) is 3.08. The molecule has 0 bridgehead atoms. The second-order valence-corrected chi connectivity index (χ2v) is 5.21. The Morgan fingerprint density at radius 2 is 2.15 bits per heavy atom. The van der Waals surface area contributed by atoms with E-state index >= 15 is 0 Å². The lowest BCUT2D eigenvalue weighted by molar-refractivity contribution is -0.157. The molecule has 1 aliphatic heterocycles. The van der Waals surface area contributed by atoms with E-state index in [1.807, 2.05) is 0 Å². The molecule has 0 amide bonds. The molecule has 1 aliphatic rings. The lowest BCUT2D eigenvalue weighted by atomic mass is 9.97. The van der Waals surface area contributed by atoms with Gasteiger partial charge in [0, 0.05) is 0 Å². The lowest BCUT2D eigenvalue weighted by Crippen LogP contribution is -2.29. The highest BCUT2D eigenvalue weighted by Crippen LogP contribution is 2.18. The van der Waals surface area contributed by atoms with Crippen LogP contribution in [0, 0.1) is 5.41 Å². The summed E-state index contributed by atoms with van der Waals surface area (Å²) in [5.74, 6) is 0.0157. The zero-order valence-corrected chi connectivity index (χ0v) is 8.85. The molecule has 0 aliphatic carbocycles. The number of carbonyl (C=O) groups excluding carboxylic acids is 1. The monoisotopic (exact) mass is 206 g/mol. The molecule has 0 saturated carbocycles. The minimum absolute atomic E-state index is 0.244. The van der Waals surface area contributed by atoms with Crippen LogP contribution in [0.15, 0.2) is 0 Å². The summed E-state index contributed by atoms with van der Waals surface area (Å²) in [4.78, 5) is 11.4. The van der Waals surface area contributed by atoms with Crippen molar-refractivity contribution in [3.63, 3.8) is 0 Å². The largest absolute Gasteiger partial charge is 0.458 e. The average Bonchev–Trinajstić information content (AvgIpc) is 2.33. The first-order valence-electron chi connectivity index (χ1n) is 4.12. The van der Waals surface area contributed by atoms with E-state index in [0.717, 1.165) is 0 Å². The van der Waals surface area contributed by atoms with Crippen LogP contribution in [0.1, 0.15) is 20.8 Å². The van der Waals surface area contributed by atoms with Gasteiger partial charge in [-0.25, -0.2) is 4.21 Å². The third-order valence-electron chi connectivity index (χ3n) is 1.59. The molecule has 2 atom stereocenters. The predicted molar refractivity (Wildman–Crippen MR) is 48.3 cm³/mol. The Morgan fingerprint density at radius 1 is 1.54 bits per heavy atom. The van der Waals surface area contributed by atoms with E-state index in [-0.39, 0.29) is 18.7 Å². The standard InChI is InChI=1S/C8H14O4S/c1-8(2,3)7(9)12-6-4-11-13(10)5-6/h6H,4-5H2,1-3H3/t6?,13-/m0/s1. The summed E-state index contributed by atoms with van der Waals surface area (Å²) < 4.78 is 20.6. The van der Waals surface area contributed by atoms with Gasteiger partial charge in [0.2, 0.25) is 0 Å². The zero-order chi connectivity index (χ0) is 10.1. The van der Waals surface area contributed by atoms with Crippen LogP contribution < -0.4 is 0 Å². The number of carbonyl (C=O) groups is 1. The van der Waals surface area contributed by atoms with E-state index in [9.17, 15) is 9.00 Å². The zero-order valence-electron chi connectivity index (χ0n) is 8.03. The maximum absolute atomic E-state index is 11.4. The van der Waals surface area contributed by atoms with Crippen molar-refractivity contribution >= 4 is 17.0 Å². The molecule has 1 fully saturated rings. The third-order valence-corrected chi connectivity index (χ3v) is 2.64. The Labute approximate surface area is 80.3 Å². The van der Waals surface area contributed by atoms with Crippen LogP contribution in [0.5, 0.6) is 0 Å². The summed E-state index contributed by atoms with van der Waals surface area (Å²) in [7, 11) is 0. The lowest BCUT2D eigenvalue weighted by Gasteiger charge is -2.18. The number of hydrogen-bond acceptors (Lipinski definition) is 4. The summed E-state index contributed by atoms with van der Waals surface area (Å²) >= 11 is -1.27. The van der Waals surface area contributed by atoms with Gasteiger partial charge < -0.3 is 4.74 Å². The Balaban J connectivity index is 2.42. The summed E-state index contributed by atoms with van der Waals surface area (Å²) in [6.45, 7) is 5.58. The molecule has 1 rings (SSSR count). The van der Waals surface area contributed by atoms with Gasteiger partial charge in [0.1, 0.15) is 12.7 Å². The van der Waals surface area contributed by atoms with Crippen LogP contribution in [0.25, 0.3) is 0 Å². The van der Waals surface area contributed by atoms with Crippen LogP contribution >= 0.6 is 0 Å². The first kappa shape index (κ1) is 10.7. The van der Waals surface area contributed by atoms with E-state index in [1.165, 1.54) is 0 Å². The second kappa shape index (κ2) is 3.75. The quantitative estimate of drug-likeness (QED) is 0.591. The van der Waals surface area contributed by atoms with Crippen LogP contribution in [0.3, 0.4) is 0 Å². The van der Waals surface area contributed by atoms with E-state index in [4.69, 9.17) is 8.92 Å². The van der Waals surface area contributed by atoms with Gasteiger partial charge in [-0.05, 0) is 20.8 Å². The molecular formula is C8H14O4S. The minimum atomic E-state index is -1.27. The van der Waals surface area contributed by atoms with Crippen molar-refractivity contribution in [2.45, 2.75) is 26.9 Å². The first-order valence-corrected chi connectivity index (χ1v) is 5.37. The minimum Gasteiger partial charge on any atom is -0.458 e. The predicted octanol–water partition coefficient (Wildman–Crippen LogP) is 0.638. The van der Waals surface area contributed by atoms with Crippen molar-refractivity contribution < 1.29 is 17.9 Å². The van der Waals surface area contributed by atoms with E-state index < -0.39 is 16.5 Å². The van der Waals surface area contributed by atoms with Crippen molar-refractivity contribution in [2.24, 2.45) is 5.41 Å². The van der Waals surface area contributed by atoms with Crippen molar-refractivity contribution in [1.82, 2.24) is 0 Å². The summed E-state index contributed by atoms with van der Waals surface area (Å²) in [6.07, 6.45) is -0.340. The number of hydrogen-bond donors (Lipinski definition) is 0. The van der Waals surface area contributed by atoms with Gasteiger partial charge in [0.25, 0.3) is 0 Å². The summed E-state index contributed by atoms with van der Waals surface area (Å²) in [5.41, 5.74) is -0.510. The van der Waals surface area contributed by atoms with Crippen molar-refractivity contribution in [3.8, 4) is 0 Å². The molecule has 0 radical (unpaired) electrons. The Kier molecular flexibility index (Phi) is 3.08. The average molecular weight is 206 g/mol. The highest BCUT2D eigenvalue weighted by Gasteiger charge is 2.30. The van der Waals surface area contributed by atoms with Gasteiger partial charge in [-0.3, -0.25) is 8.98 Å². The fourth-order valence-corrected chi connectivity index (χ4v) is 1.66. The molecule has 0 aromatic heterocycles.